The molecule has 3 fully saturated rings. The van der Waals surface area contributed by atoms with Crippen molar-refractivity contribution in [3.8, 4) is 0 Å². The van der Waals surface area contributed by atoms with Crippen molar-refractivity contribution in [1.82, 2.24) is 31.4 Å². The summed E-state index contributed by atoms with van der Waals surface area (Å²) in [5.41, 5.74) is 4.43. The summed E-state index contributed by atoms with van der Waals surface area (Å²) in [6.07, 6.45) is 2.31. The van der Waals surface area contributed by atoms with Gasteiger partial charge in [0.25, 0.3) is 11.8 Å². The molecule has 0 aromatic rings. The zero-order valence-corrected chi connectivity index (χ0v) is 20.4. The first-order chi connectivity index (χ1) is 16.2. The molecule has 2 bridgehead atoms. The number of sulfone groups is 1. The van der Waals surface area contributed by atoms with Gasteiger partial charge in [-0.05, 0) is 38.6 Å². The molecule has 0 saturated carbocycles. The van der Waals surface area contributed by atoms with E-state index < -0.39 is 73.9 Å². The molecule has 3 heterocycles. The van der Waals surface area contributed by atoms with Gasteiger partial charge in [0.2, 0.25) is 5.91 Å². The van der Waals surface area contributed by atoms with Crippen LogP contribution in [0.4, 0.5) is 4.79 Å². The first-order valence-electron chi connectivity index (χ1n) is 10.8. The van der Waals surface area contributed by atoms with Gasteiger partial charge in [0, 0.05) is 12.8 Å². The lowest BCUT2D eigenvalue weighted by molar-refractivity contribution is -0.134. The smallest absolute Gasteiger partial charge is 0.342 e. The first-order valence-corrected chi connectivity index (χ1v) is 14.3. The molecule has 0 aliphatic carbocycles. The quantitative estimate of drug-likeness (QED) is 0.145. The molecule has 5 N–H and O–H groups in total. The van der Waals surface area contributed by atoms with Gasteiger partial charge in [-0.15, -0.1) is 4.28 Å². The number of hydrogen-bond donors (Lipinski definition) is 5. The molecule has 0 aromatic carbocycles. The van der Waals surface area contributed by atoms with Crippen molar-refractivity contribution in [3.05, 3.63) is 0 Å². The molecule has 198 valence electrons. The molecule has 3 rings (SSSR count). The van der Waals surface area contributed by atoms with Crippen LogP contribution in [0, 0.1) is 0 Å². The molecule has 16 nitrogen and oxygen atoms in total. The van der Waals surface area contributed by atoms with Crippen LogP contribution in [-0.4, -0.2) is 104 Å². The number of fused-ring (bicyclic) bond motifs is 2. The summed E-state index contributed by atoms with van der Waals surface area (Å²) in [6.45, 7) is 0.598. The number of urea groups is 1. The predicted octanol–water partition coefficient (Wildman–Crippen LogP) is -3.19. The molecule has 3 aliphatic heterocycles. The second-order valence-corrected chi connectivity index (χ2v) is 11.9. The van der Waals surface area contributed by atoms with Crippen LogP contribution >= 0.6 is 0 Å². The number of nitrogens with one attached hydrogen (secondary N) is 4. The van der Waals surface area contributed by atoms with Gasteiger partial charge in [0.05, 0.1) is 17.8 Å². The minimum atomic E-state index is -4.96. The highest BCUT2D eigenvalue weighted by atomic mass is 32.3. The molecule has 4 atom stereocenters. The van der Waals surface area contributed by atoms with E-state index >= 15 is 0 Å². The van der Waals surface area contributed by atoms with Gasteiger partial charge in [-0.2, -0.15) is 13.5 Å². The number of carbonyl (C=O) groups is 4. The van der Waals surface area contributed by atoms with Gasteiger partial charge in [-0.1, -0.05) is 0 Å². The van der Waals surface area contributed by atoms with E-state index in [1.807, 2.05) is 0 Å². The van der Waals surface area contributed by atoms with E-state index in [2.05, 4.69) is 25.8 Å². The van der Waals surface area contributed by atoms with Crippen molar-refractivity contribution in [3.63, 3.8) is 0 Å². The second-order valence-electron chi connectivity index (χ2n) is 8.62. The van der Waals surface area contributed by atoms with E-state index in [1.165, 1.54) is 0 Å². The summed E-state index contributed by atoms with van der Waals surface area (Å²) in [5.74, 6) is -2.55. The Morgan fingerprint density at radius 3 is 2.46 bits per heavy atom. The highest BCUT2D eigenvalue weighted by molar-refractivity contribution is 7.90. The summed E-state index contributed by atoms with van der Waals surface area (Å²) < 4.78 is 58.5. The van der Waals surface area contributed by atoms with Gasteiger partial charge < -0.3 is 15.5 Å². The summed E-state index contributed by atoms with van der Waals surface area (Å²) >= 11 is 0. The van der Waals surface area contributed by atoms with Crippen molar-refractivity contribution in [2.24, 2.45) is 0 Å². The van der Waals surface area contributed by atoms with Crippen LogP contribution in [0.5, 0.6) is 0 Å². The molecule has 3 unspecified atom stereocenters. The first kappa shape index (κ1) is 27.1. The van der Waals surface area contributed by atoms with E-state index in [0.717, 1.165) is 17.6 Å². The average Bonchev–Trinajstić information content (AvgIpc) is 3.37. The Bertz CT molecular complexity index is 1070. The maximum atomic E-state index is 13.0. The molecule has 35 heavy (non-hydrogen) atoms. The number of hydroxylamine groups is 2. The molecule has 5 amide bonds. The molecule has 0 radical (unpaired) electrons. The van der Waals surface area contributed by atoms with Crippen LogP contribution in [0.2, 0.25) is 0 Å². The summed E-state index contributed by atoms with van der Waals surface area (Å²) in [4.78, 5) is 51.3. The van der Waals surface area contributed by atoms with Crippen LogP contribution in [0.25, 0.3) is 0 Å². The Balaban J connectivity index is 1.65. The number of nitrogens with zero attached hydrogens (tertiary/aromatic N) is 2. The van der Waals surface area contributed by atoms with Crippen molar-refractivity contribution < 1.29 is 44.9 Å². The van der Waals surface area contributed by atoms with Gasteiger partial charge >= 0.3 is 16.4 Å². The van der Waals surface area contributed by atoms with Crippen LogP contribution < -0.4 is 21.5 Å². The molecule has 0 spiro atoms. The number of piperidine rings is 1. The highest BCUT2D eigenvalue weighted by Crippen LogP contribution is 2.30. The van der Waals surface area contributed by atoms with Crippen molar-refractivity contribution in [2.45, 2.75) is 56.3 Å². The maximum absolute atomic E-state index is 13.0. The fourth-order valence-electron chi connectivity index (χ4n) is 4.18. The SMILES string of the molecule is CS(=O)(=O)CCC(NC(=O)[C@@H]1CCC2CN1C(=O)N2OS(=O)(=O)O)C(=O)NNC(=O)C1CCCN1. The molecule has 0 aromatic heterocycles. The lowest BCUT2D eigenvalue weighted by Gasteiger charge is -2.30. The van der Waals surface area contributed by atoms with E-state index in [1.54, 1.807) is 0 Å². The van der Waals surface area contributed by atoms with E-state index in [0.29, 0.717) is 18.0 Å². The van der Waals surface area contributed by atoms with Gasteiger partial charge in [-0.3, -0.25) is 29.8 Å². The fraction of sp³-hybridized carbons (Fsp3) is 0.765. The number of amides is 5. The maximum Gasteiger partial charge on any atom is 0.418 e. The number of rotatable bonds is 9. The largest absolute Gasteiger partial charge is 0.418 e. The van der Waals surface area contributed by atoms with Gasteiger partial charge in [0.15, 0.2) is 0 Å². The van der Waals surface area contributed by atoms with Crippen LogP contribution in [0.1, 0.15) is 32.1 Å². The zero-order chi connectivity index (χ0) is 26.0. The van der Waals surface area contributed by atoms with Crippen molar-refractivity contribution >= 4 is 44.0 Å². The third-order valence-corrected chi connectivity index (χ3v) is 7.22. The predicted molar refractivity (Wildman–Crippen MR) is 117 cm³/mol. The standard InChI is InChI=1S/C17H28N6O10S2/c1-34(28,29)8-6-12(15(25)21-20-14(24)11-3-2-7-18-11)19-16(26)13-5-4-10-9-22(13)17(27)23(10)33-35(30,31)32/h10-13,18H,2-9H2,1H3,(H,19,26)(H,20,24)(H,21,25)(H,30,31,32)/t10?,11?,12?,13-/m0/s1. The number of hydrogen-bond acceptors (Lipinski definition) is 10. The number of carbonyl (C=O) groups excluding carboxylic acids is 4. The molecular formula is C17H28N6O10S2. The second kappa shape index (κ2) is 10.6. The molecule has 3 saturated heterocycles. The topological polar surface area (TPSA) is 221 Å². The lowest BCUT2D eigenvalue weighted by atomic mass is 10.00. The zero-order valence-electron chi connectivity index (χ0n) is 18.8. The Hall–Kier alpha value is -2.54. The fourth-order valence-corrected chi connectivity index (χ4v) is 5.23. The summed E-state index contributed by atoms with van der Waals surface area (Å²) in [6, 6.07) is -4.60. The molecular weight excluding hydrogens is 512 g/mol. The average molecular weight is 541 g/mol. The summed E-state index contributed by atoms with van der Waals surface area (Å²) in [5, 5.41) is 5.84. The Morgan fingerprint density at radius 2 is 1.86 bits per heavy atom. The third-order valence-electron chi connectivity index (χ3n) is 5.90. The van der Waals surface area contributed by atoms with Gasteiger partial charge in [0.1, 0.15) is 21.9 Å². The molecule has 18 heteroatoms. The minimum absolute atomic E-state index is 0.0584. The third kappa shape index (κ3) is 7.23. The van der Waals surface area contributed by atoms with Crippen LogP contribution in [-0.2, 0) is 38.9 Å². The highest BCUT2D eigenvalue weighted by Gasteiger charge is 2.49. The van der Waals surface area contributed by atoms with Crippen molar-refractivity contribution in [1.29, 1.82) is 0 Å². The lowest BCUT2D eigenvalue weighted by Crippen LogP contribution is -2.58. The number of hydrazine groups is 1. The van der Waals surface area contributed by atoms with E-state index in [9.17, 15) is 36.0 Å². The van der Waals surface area contributed by atoms with Gasteiger partial charge in [-0.25, -0.2) is 13.2 Å². The van der Waals surface area contributed by atoms with E-state index in [4.69, 9.17) is 4.55 Å². The van der Waals surface area contributed by atoms with Crippen LogP contribution in [0.3, 0.4) is 0 Å². The Morgan fingerprint density at radius 1 is 1.14 bits per heavy atom. The molecule has 3 aliphatic rings. The monoisotopic (exact) mass is 540 g/mol. The van der Waals surface area contributed by atoms with E-state index in [-0.39, 0.29) is 25.8 Å². The summed E-state index contributed by atoms with van der Waals surface area (Å²) in [7, 11) is -8.46. The van der Waals surface area contributed by atoms with Crippen LogP contribution in [0.15, 0.2) is 0 Å². The Kier molecular flexibility index (Phi) is 8.20. The van der Waals surface area contributed by atoms with Crippen molar-refractivity contribution in [2.75, 3.05) is 25.1 Å². The minimum Gasteiger partial charge on any atom is -0.342 e. The Labute approximate surface area is 201 Å². The normalized spacial score (nSPS) is 25.3.